The highest BCUT2D eigenvalue weighted by atomic mass is 35.5. The first-order valence-electron chi connectivity index (χ1n) is 8.28. The molecule has 0 aromatic heterocycles. The largest absolute Gasteiger partial charge is 0.490 e. The zero-order valence-electron chi connectivity index (χ0n) is 15.0. The molecule has 0 aliphatic rings. The van der Waals surface area contributed by atoms with E-state index in [9.17, 15) is 8.42 Å². The fourth-order valence-corrected chi connectivity index (χ4v) is 3.26. The highest BCUT2D eigenvalue weighted by Gasteiger charge is 2.14. The predicted octanol–water partition coefficient (Wildman–Crippen LogP) is 4.58. The molecular formula is C19H22ClNO4S. The van der Waals surface area contributed by atoms with E-state index in [1.54, 1.807) is 30.3 Å². The lowest BCUT2D eigenvalue weighted by molar-refractivity contribution is 0.248. The fraction of sp³-hybridized carbons (Fsp3) is 0.316. The van der Waals surface area contributed by atoms with Crippen molar-refractivity contribution in [2.45, 2.75) is 25.7 Å². The van der Waals surface area contributed by atoms with E-state index < -0.39 is 10.0 Å². The van der Waals surface area contributed by atoms with Crippen LogP contribution >= 0.6 is 11.6 Å². The number of rotatable bonds is 8. The van der Waals surface area contributed by atoms with Crippen LogP contribution in [0.1, 0.15) is 26.3 Å². The molecule has 2 rings (SSSR count). The fourth-order valence-electron chi connectivity index (χ4n) is 2.10. The maximum Gasteiger partial charge on any atom is 0.282 e. The van der Waals surface area contributed by atoms with Gasteiger partial charge in [-0.05, 0) is 42.7 Å². The Balaban J connectivity index is 2.32. The third-order valence-corrected chi connectivity index (χ3v) is 4.81. The second-order valence-electron chi connectivity index (χ2n) is 5.99. The monoisotopic (exact) mass is 395 g/mol. The number of ether oxygens (including phenoxy) is 2. The molecule has 0 unspecified atom stereocenters. The maximum absolute atomic E-state index is 12.3. The van der Waals surface area contributed by atoms with Crippen LogP contribution < -0.4 is 9.47 Å². The van der Waals surface area contributed by atoms with E-state index in [-0.39, 0.29) is 4.90 Å². The lowest BCUT2D eigenvalue weighted by Crippen LogP contribution is -2.07. The lowest BCUT2D eigenvalue weighted by atomic mass is 10.2. The molecule has 0 N–H and O–H groups in total. The van der Waals surface area contributed by atoms with E-state index in [0.717, 1.165) is 0 Å². The Morgan fingerprint density at radius 3 is 2.46 bits per heavy atom. The maximum atomic E-state index is 12.3. The molecule has 0 spiro atoms. The van der Waals surface area contributed by atoms with Gasteiger partial charge in [0, 0.05) is 6.21 Å². The number of nitrogens with zero attached hydrogens (tertiary/aromatic N) is 1. The summed E-state index contributed by atoms with van der Waals surface area (Å²) in [5.41, 5.74) is 0.509. The Morgan fingerprint density at radius 1 is 1.15 bits per heavy atom. The van der Waals surface area contributed by atoms with Gasteiger partial charge in [-0.3, -0.25) is 0 Å². The van der Waals surface area contributed by atoms with Crippen LogP contribution in [0.5, 0.6) is 11.5 Å². The summed E-state index contributed by atoms with van der Waals surface area (Å²) in [7, 11) is -3.77. The molecule has 0 heterocycles. The minimum Gasteiger partial charge on any atom is -0.490 e. The summed E-state index contributed by atoms with van der Waals surface area (Å²) in [6, 6.07) is 11.3. The molecule has 5 nitrogen and oxygen atoms in total. The van der Waals surface area contributed by atoms with E-state index >= 15 is 0 Å². The van der Waals surface area contributed by atoms with Gasteiger partial charge in [0.05, 0.1) is 23.1 Å². The standard InChI is InChI=1S/C19H22ClNO4S/c1-4-24-18-11-15(10-17(20)19(18)25-13-14(2)3)12-21-26(22,23)16-8-6-5-7-9-16/h5-12,14H,4,13H2,1-3H3/b21-12-. The molecule has 0 saturated heterocycles. The number of hydrogen-bond donors (Lipinski definition) is 0. The van der Waals surface area contributed by atoms with Crippen molar-refractivity contribution in [3.8, 4) is 11.5 Å². The number of hydrogen-bond acceptors (Lipinski definition) is 4. The van der Waals surface area contributed by atoms with E-state index in [0.29, 0.717) is 41.2 Å². The van der Waals surface area contributed by atoms with Gasteiger partial charge in [-0.1, -0.05) is 43.6 Å². The number of halogens is 1. The summed E-state index contributed by atoms with van der Waals surface area (Å²) in [6.45, 7) is 6.83. The highest BCUT2D eigenvalue weighted by Crippen LogP contribution is 2.36. The summed E-state index contributed by atoms with van der Waals surface area (Å²) in [5, 5.41) is 0.343. The van der Waals surface area contributed by atoms with Crippen LogP contribution in [0, 0.1) is 5.92 Å². The molecule has 2 aromatic carbocycles. The smallest absolute Gasteiger partial charge is 0.282 e. The van der Waals surface area contributed by atoms with Crippen LogP contribution in [-0.2, 0) is 10.0 Å². The van der Waals surface area contributed by atoms with E-state index in [1.165, 1.54) is 18.3 Å². The summed E-state index contributed by atoms with van der Waals surface area (Å²) >= 11 is 6.30. The molecule has 2 aromatic rings. The molecule has 0 aliphatic heterocycles. The summed E-state index contributed by atoms with van der Waals surface area (Å²) < 4.78 is 39.6. The molecule has 140 valence electrons. The van der Waals surface area contributed by atoms with Crippen molar-refractivity contribution in [2.75, 3.05) is 13.2 Å². The van der Waals surface area contributed by atoms with Crippen LogP contribution in [0.4, 0.5) is 0 Å². The first-order chi connectivity index (χ1) is 12.3. The third-order valence-electron chi connectivity index (χ3n) is 3.27. The van der Waals surface area contributed by atoms with Gasteiger partial charge < -0.3 is 9.47 Å². The zero-order valence-corrected chi connectivity index (χ0v) is 16.5. The van der Waals surface area contributed by atoms with Crippen molar-refractivity contribution in [3.05, 3.63) is 53.1 Å². The Morgan fingerprint density at radius 2 is 1.85 bits per heavy atom. The molecule has 0 aliphatic carbocycles. The van der Waals surface area contributed by atoms with Gasteiger partial charge in [-0.25, -0.2) is 0 Å². The van der Waals surface area contributed by atoms with Crippen LogP contribution in [0.15, 0.2) is 51.8 Å². The molecule has 0 saturated carbocycles. The molecule has 0 amide bonds. The van der Waals surface area contributed by atoms with Crippen LogP contribution in [0.25, 0.3) is 0 Å². The Labute approximate surface area is 159 Å². The average molecular weight is 396 g/mol. The third kappa shape index (κ3) is 5.47. The van der Waals surface area contributed by atoms with Gasteiger partial charge >= 0.3 is 0 Å². The quantitative estimate of drug-likeness (QED) is 0.613. The number of sulfonamides is 1. The van der Waals surface area contributed by atoms with Crippen LogP contribution in [-0.4, -0.2) is 27.8 Å². The molecule has 7 heteroatoms. The van der Waals surface area contributed by atoms with Gasteiger partial charge in [-0.2, -0.15) is 12.8 Å². The average Bonchev–Trinajstić information content (AvgIpc) is 2.60. The van der Waals surface area contributed by atoms with Gasteiger partial charge in [0.25, 0.3) is 10.0 Å². The van der Waals surface area contributed by atoms with Crippen molar-refractivity contribution < 1.29 is 17.9 Å². The van der Waals surface area contributed by atoms with Crippen molar-refractivity contribution in [1.82, 2.24) is 0 Å². The molecule has 0 bridgehead atoms. The van der Waals surface area contributed by atoms with Crippen molar-refractivity contribution in [1.29, 1.82) is 0 Å². The van der Waals surface area contributed by atoms with Gasteiger partial charge in [0.15, 0.2) is 11.5 Å². The Hall–Kier alpha value is -2.05. The second kappa shape index (κ2) is 9.05. The molecular weight excluding hydrogens is 374 g/mol. The topological polar surface area (TPSA) is 65.0 Å². The van der Waals surface area contributed by atoms with E-state index in [4.69, 9.17) is 21.1 Å². The van der Waals surface area contributed by atoms with E-state index in [2.05, 4.69) is 4.40 Å². The van der Waals surface area contributed by atoms with E-state index in [1.807, 2.05) is 20.8 Å². The minimum absolute atomic E-state index is 0.129. The first kappa shape index (κ1) is 20.3. The first-order valence-corrected chi connectivity index (χ1v) is 10.1. The zero-order chi connectivity index (χ0) is 19.2. The van der Waals surface area contributed by atoms with Crippen molar-refractivity contribution in [3.63, 3.8) is 0 Å². The van der Waals surface area contributed by atoms with Gasteiger partial charge in [0.1, 0.15) is 0 Å². The van der Waals surface area contributed by atoms with Crippen molar-refractivity contribution >= 4 is 27.8 Å². The minimum atomic E-state index is -3.77. The Kier molecular flexibility index (Phi) is 7.06. The summed E-state index contributed by atoms with van der Waals surface area (Å²) in [6.07, 6.45) is 1.25. The van der Waals surface area contributed by atoms with Gasteiger partial charge in [0.2, 0.25) is 0 Å². The molecule has 26 heavy (non-hydrogen) atoms. The lowest BCUT2D eigenvalue weighted by Gasteiger charge is -2.15. The van der Waals surface area contributed by atoms with Crippen LogP contribution in [0.2, 0.25) is 5.02 Å². The summed E-state index contributed by atoms with van der Waals surface area (Å²) in [5.74, 6) is 1.24. The molecule has 0 radical (unpaired) electrons. The summed E-state index contributed by atoms with van der Waals surface area (Å²) in [4.78, 5) is 0.129. The van der Waals surface area contributed by atoms with Crippen LogP contribution in [0.3, 0.4) is 0 Å². The Bertz CT molecular complexity index is 865. The predicted molar refractivity (Wildman–Crippen MR) is 104 cm³/mol. The second-order valence-corrected chi connectivity index (χ2v) is 8.03. The molecule has 0 fully saturated rings. The highest BCUT2D eigenvalue weighted by molar-refractivity contribution is 7.90. The number of benzene rings is 2. The SMILES string of the molecule is CCOc1cc(/C=N\S(=O)(=O)c2ccccc2)cc(Cl)c1OCC(C)C. The normalized spacial score (nSPS) is 11.9. The van der Waals surface area contributed by atoms with Gasteiger partial charge in [-0.15, -0.1) is 0 Å². The molecule has 0 atom stereocenters. The van der Waals surface area contributed by atoms with Crippen molar-refractivity contribution in [2.24, 2.45) is 10.3 Å².